The molecule has 0 aromatic rings. The normalized spacial score (nSPS) is 51.3. The quantitative estimate of drug-likeness (QED) is 0.165. The molecule has 3 aliphatic rings. The molecule has 0 aromatic carbocycles. The number of nitrogens with two attached hydrogens (primary N) is 3. The molecular weight excluding hydrogens is 450 g/mol. The van der Waals surface area contributed by atoms with Crippen LogP contribution in [0.5, 0.6) is 0 Å². The van der Waals surface area contributed by atoms with E-state index in [1.807, 2.05) is 0 Å². The molecule has 200 valence electrons. The van der Waals surface area contributed by atoms with E-state index in [-0.39, 0.29) is 19.1 Å². The third-order valence-corrected chi connectivity index (χ3v) is 7.40. The number of likely N-dealkylation sites (N-methyl/N-ethyl adjacent to an activating group) is 2. The van der Waals surface area contributed by atoms with Gasteiger partial charge in [-0.3, -0.25) is 0 Å². The number of ether oxygens (including phenoxy) is 4. The Morgan fingerprint density at radius 1 is 0.971 bits per heavy atom. The smallest absolute Gasteiger partial charge is 0.185 e. The van der Waals surface area contributed by atoms with Crippen molar-refractivity contribution < 1.29 is 39.4 Å². The first-order valence-corrected chi connectivity index (χ1v) is 11.9. The average Bonchev–Trinajstić information content (AvgIpc) is 2.77. The van der Waals surface area contributed by atoms with Crippen LogP contribution in [0.15, 0.2) is 0 Å². The maximum Gasteiger partial charge on any atom is 0.185 e. The van der Waals surface area contributed by atoms with Crippen molar-refractivity contribution in [2.24, 2.45) is 17.2 Å². The molecule has 13 nitrogen and oxygen atoms in total. The number of aliphatic hydroxyl groups is 4. The molecule has 3 rings (SSSR count). The molecule has 3 fully saturated rings. The van der Waals surface area contributed by atoms with E-state index in [0.717, 1.165) is 0 Å². The molecule has 0 bridgehead atoms. The number of hydrogen-bond acceptors (Lipinski definition) is 13. The lowest BCUT2D eigenvalue weighted by atomic mass is 9.84. The van der Waals surface area contributed by atoms with Gasteiger partial charge in [-0.15, -0.1) is 0 Å². The Labute approximate surface area is 200 Å². The Morgan fingerprint density at radius 3 is 2.12 bits per heavy atom. The number of nitrogens with one attached hydrogen (secondary N) is 2. The second-order valence-electron chi connectivity index (χ2n) is 10.1. The van der Waals surface area contributed by atoms with Gasteiger partial charge in [0.15, 0.2) is 18.4 Å². The highest BCUT2D eigenvalue weighted by Gasteiger charge is 2.51. The molecule has 2 heterocycles. The second kappa shape index (κ2) is 10.8. The first-order valence-electron chi connectivity index (χ1n) is 11.9. The van der Waals surface area contributed by atoms with Gasteiger partial charge in [0.25, 0.3) is 0 Å². The maximum absolute atomic E-state index is 11.1. The van der Waals surface area contributed by atoms with Gasteiger partial charge < -0.3 is 67.2 Å². The summed E-state index contributed by atoms with van der Waals surface area (Å²) in [7, 11) is 3.32. The van der Waals surface area contributed by atoms with E-state index < -0.39 is 72.6 Å². The van der Waals surface area contributed by atoms with Crippen LogP contribution in [0.3, 0.4) is 0 Å². The lowest BCUT2D eigenvalue weighted by molar-refractivity contribution is -0.349. The Hall–Kier alpha value is -0.520. The van der Waals surface area contributed by atoms with E-state index in [1.54, 1.807) is 27.9 Å². The van der Waals surface area contributed by atoms with Crippen LogP contribution in [0, 0.1) is 0 Å². The summed E-state index contributed by atoms with van der Waals surface area (Å²) >= 11 is 0. The average molecular weight is 494 g/mol. The Kier molecular flexibility index (Phi) is 8.95. The van der Waals surface area contributed by atoms with E-state index in [2.05, 4.69) is 10.6 Å². The largest absolute Gasteiger partial charge is 0.388 e. The van der Waals surface area contributed by atoms with Crippen LogP contribution in [0.1, 0.15) is 33.1 Å². The minimum Gasteiger partial charge on any atom is -0.388 e. The zero-order valence-corrected chi connectivity index (χ0v) is 20.3. The minimum atomic E-state index is -1.50. The minimum absolute atomic E-state index is 0.0925. The van der Waals surface area contributed by atoms with Crippen molar-refractivity contribution in [1.29, 1.82) is 0 Å². The van der Waals surface area contributed by atoms with Gasteiger partial charge in [0.2, 0.25) is 0 Å². The lowest BCUT2D eigenvalue weighted by Gasteiger charge is -2.49. The van der Waals surface area contributed by atoms with E-state index in [4.69, 9.17) is 36.1 Å². The molecule has 0 spiro atoms. The summed E-state index contributed by atoms with van der Waals surface area (Å²) in [4.78, 5) is 0. The van der Waals surface area contributed by atoms with E-state index in [1.165, 1.54) is 0 Å². The summed E-state index contributed by atoms with van der Waals surface area (Å²) in [5, 5.41) is 49.0. The molecule has 0 radical (unpaired) electrons. The molecule has 1 aliphatic carbocycles. The molecule has 2 saturated heterocycles. The first kappa shape index (κ1) is 28.1. The highest BCUT2D eigenvalue weighted by atomic mass is 16.8. The van der Waals surface area contributed by atoms with Crippen LogP contribution >= 0.6 is 0 Å². The summed E-state index contributed by atoms with van der Waals surface area (Å²) in [5.74, 6) is -1.50. The third-order valence-electron chi connectivity index (χ3n) is 7.40. The first-order chi connectivity index (χ1) is 15.8. The molecule has 1 unspecified atom stereocenters. The van der Waals surface area contributed by atoms with E-state index >= 15 is 0 Å². The maximum atomic E-state index is 11.1. The summed E-state index contributed by atoms with van der Waals surface area (Å²) in [6.07, 6.45) is -5.62. The molecule has 13 heteroatoms. The number of hydrogen-bond donors (Lipinski definition) is 9. The predicted octanol–water partition coefficient (Wildman–Crippen LogP) is -4.01. The van der Waals surface area contributed by atoms with Gasteiger partial charge >= 0.3 is 0 Å². The highest BCUT2D eigenvalue weighted by Crippen LogP contribution is 2.34. The van der Waals surface area contributed by atoms with E-state index in [0.29, 0.717) is 12.8 Å². The van der Waals surface area contributed by atoms with Crippen molar-refractivity contribution in [3.63, 3.8) is 0 Å². The number of aliphatic hydroxyl groups excluding tert-OH is 2. The Morgan fingerprint density at radius 2 is 1.56 bits per heavy atom. The Balaban J connectivity index is 1.71. The number of rotatable bonds is 7. The molecule has 1 saturated carbocycles. The molecule has 0 amide bonds. The Bertz CT molecular complexity index is 677. The van der Waals surface area contributed by atoms with Crippen LogP contribution < -0.4 is 27.8 Å². The molecule has 13 atom stereocenters. The van der Waals surface area contributed by atoms with Crippen LogP contribution in [-0.2, 0) is 18.9 Å². The summed E-state index contributed by atoms with van der Waals surface area (Å²) < 4.78 is 23.3. The van der Waals surface area contributed by atoms with Crippen LogP contribution in [0.25, 0.3) is 0 Å². The fourth-order valence-corrected chi connectivity index (χ4v) is 5.04. The van der Waals surface area contributed by atoms with Gasteiger partial charge in [-0.25, -0.2) is 0 Å². The van der Waals surface area contributed by atoms with Crippen LogP contribution in [-0.4, -0.2) is 120 Å². The van der Waals surface area contributed by atoms with Crippen molar-refractivity contribution in [3.05, 3.63) is 0 Å². The van der Waals surface area contributed by atoms with Crippen molar-refractivity contribution in [2.45, 2.75) is 112 Å². The lowest BCUT2D eigenvalue weighted by Crippen LogP contribution is -2.69. The molecule has 34 heavy (non-hydrogen) atoms. The van der Waals surface area contributed by atoms with Crippen molar-refractivity contribution >= 4 is 0 Å². The van der Waals surface area contributed by atoms with Gasteiger partial charge in [-0.2, -0.15) is 0 Å². The molecule has 0 aromatic heterocycles. The van der Waals surface area contributed by atoms with E-state index in [9.17, 15) is 20.4 Å². The van der Waals surface area contributed by atoms with Crippen LogP contribution in [0.2, 0.25) is 0 Å². The van der Waals surface area contributed by atoms with Gasteiger partial charge in [0.1, 0.15) is 30.0 Å². The zero-order chi connectivity index (χ0) is 25.4. The van der Waals surface area contributed by atoms with Gasteiger partial charge in [-0.05, 0) is 40.8 Å². The third kappa shape index (κ3) is 5.57. The predicted molar refractivity (Wildman–Crippen MR) is 121 cm³/mol. The molecule has 2 aliphatic heterocycles. The SMILES string of the molecule is CNC(C)[C@]1(O)CC[C@@H](N)[C@@H](O[C@H]2[C@H](O)[C@@H](O[C@H]3OC[C@](C)(O)[C@H](NC)[C@H]3O)[C@H](N)C[C@@H]2N)O1. The van der Waals surface area contributed by atoms with Gasteiger partial charge in [-0.1, -0.05) is 0 Å². The topological polar surface area (TPSA) is 220 Å². The standard InChI is InChI=1S/C21H43N5O8/c1-9(25-3)21(30)6-5-10(22)18(34-21)32-15-11(23)7-12(24)16(13(15)27)33-19-14(28)17(26-4)20(2,29)8-31-19/h9-19,25-30H,5-8,22-24H2,1-4H3/t9?,10-,11+,12-,13+,14-,15-,16+,17-,18+,19-,20+,21+/m1/s1. The summed E-state index contributed by atoms with van der Waals surface area (Å²) in [5.41, 5.74) is 17.4. The highest BCUT2D eigenvalue weighted by molar-refractivity contribution is 5.02. The van der Waals surface area contributed by atoms with Crippen LogP contribution in [0.4, 0.5) is 0 Å². The fourth-order valence-electron chi connectivity index (χ4n) is 5.04. The summed E-state index contributed by atoms with van der Waals surface area (Å²) in [6.45, 7) is 3.23. The van der Waals surface area contributed by atoms with Crippen molar-refractivity contribution in [1.82, 2.24) is 10.6 Å². The fraction of sp³-hybridized carbons (Fsp3) is 1.00. The van der Waals surface area contributed by atoms with Gasteiger partial charge in [0, 0.05) is 18.5 Å². The van der Waals surface area contributed by atoms with Crippen molar-refractivity contribution in [2.75, 3.05) is 20.7 Å². The molecular formula is C21H43N5O8. The van der Waals surface area contributed by atoms with Gasteiger partial charge in [0.05, 0.1) is 24.7 Å². The summed E-state index contributed by atoms with van der Waals surface area (Å²) in [6, 6.07) is -2.97. The second-order valence-corrected chi connectivity index (χ2v) is 10.1. The monoisotopic (exact) mass is 493 g/mol. The van der Waals surface area contributed by atoms with Crippen molar-refractivity contribution in [3.8, 4) is 0 Å². The molecule has 12 N–H and O–H groups in total. The zero-order valence-electron chi connectivity index (χ0n) is 20.3.